The predicted octanol–water partition coefficient (Wildman–Crippen LogP) is 1.36. The zero-order valence-electron chi connectivity index (χ0n) is 7.49. The largest absolute Gasteiger partial charge is 0.512 e. The number of fused-ring (bicyclic) bond motifs is 2. The van der Waals surface area contributed by atoms with Gasteiger partial charge in [0.15, 0.2) is 5.78 Å². The van der Waals surface area contributed by atoms with Gasteiger partial charge in [-0.05, 0) is 18.9 Å². The van der Waals surface area contributed by atoms with Crippen molar-refractivity contribution in [2.45, 2.75) is 18.4 Å². The molecule has 3 heteroatoms. The van der Waals surface area contributed by atoms with Crippen LogP contribution in [0.15, 0.2) is 24.0 Å². The highest BCUT2D eigenvalue weighted by Gasteiger charge is 2.41. The van der Waals surface area contributed by atoms with Gasteiger partial charge in [-0.15, -0.1) is 0 Å². The molecule has 0 aliphatic heterocycles. The smallest absolute Gasteiger partial charge is 0.194 e. The molecule has 13 heavy (non-hydrogen) atoms. The Morgan fingerprint density at radius 1 is 1.69 bits per heavy atom. The molecule has 3 rings (SSSR count). The number of aliphatic hydroxyl groups excluding tert-OH is 1. The number of hydrogen-bond donors (Lipinski definition) is 1. The first-order valence-electron chi connectivity index (χ1n) is 4.37. The maximum Gasteiger partial charge on any atom is 0.194 e. The fourth-order valence-electron chi connectivity index (χ4n) is 1.91. The zero-order chi connectivity index (χ0) is 9.47. The summed E-state index contributed by atoms with van der Waals surface area (Å²) in [6.07, 6.45) is 6.34. The van der Waals surface area contributed by atoms with Gasteiger partial charge in [0.25, 0.3) is 0 Å². The van der Waals surface area contributed by atoms with Gasteiger partial charge >= 0.3 is 0 Å². The van der Waals surface area contributed by atoms with Crippen LogP contribution in [0.3, 0.4) is 0 Å². The fraction of sp³-hybridized carbons (Fsp3) is 0.500. The molecular weight excluding hydrogens is 168 g/mol. The Labute approximate surface area is 76.7 Å². The number of rotatable bonds is 1. The first-order chi connectivity index (χ1) is 6.18. The molecule has 0 aromatic rings. The van der Waals surface area contributed by atoms with Crippen LogP contribution in [0.5, 0.6) is 0 Å². The molecule has 3 nitrogen and oxygen atoms in total. The van der Waals surface area contributed by atoms with E-state index in [1.807, 2.05) is 6.08 Å². The van der Waals surface area contributed by atoms with Crippen molar-refractivity contribution in [2.24, 2.45) is 5.92 Å². The highest BCUT2D eigenvalue weighted by atomic mass is 16.5. The molecule has 0 heterocycles. The monoisotopic (exact) mass is 180 g/mol. The van der Waals surface area contributed by atoms with E-state index in [4.69, 9.17) is 4.74 Å². The van der Waals surface area contributed by atoms with Crippen LogP contribution in [0.4, 0.5) is 0 Å². The van der Waals surface area contributed by atoms with E-state index in [0.29, 0.717) is 6.42 Å². The molecule has 70 valence electrons. The van der Waals surface area contributed by atoms with Crippen LogP contribution in [0.2, 0.25) is 0 Å². The quantitative estimate of drug-likeness (QED) is 0.620. The molecule has 0 fully saturated rings. The standard InChI is InChI=1S/C10H12O3/c1-13-10-4-2-7(3-5-10)8(11)6-9(10)12/h2,4,6-7,11H,3,5H2,1H3/t7-,10-/m0/s1. The third-order valence-corrected chi connectivity index (χ3v) is 2.86. The van der Waals surface area contributed by atoms with Gasteiger partial charge in [0.05, 0.1) is 0 Å². The van der Waals surface area contributed by atoms with E-state index in [0.717, 1.165) is 6.42 Å². The van der Waals surface area contributed by atoms with Gasteiger partial charge in [0, 0.05) is 19.1 Å². The second kappa shape index (κ2) is 2.70. The van der Waals surface area contributed by atoms with Crippen molar-refractivity contribution in [3.63, 3.8) is 0 Å². The molecule has 0 aromatic heterocycles. The molecule has 0 unspecified atom stereocenters. The fourth-order valence-corrected chi connectivity index (χ4v) is 1.91. The zero-order valence-corrected chi connectivity index (χ0v) is 7.49. The maximum atomic E-state index is 11.6. The van der Waals surface area contributed by atoms with Gasteiger partial charge in [-0.3, -0.25) is 4.79 Å². The highest BCUT2D eigenvalue weighted by molar-refractivity contribution is 6.00. The summed E-state index contributed by atoms with van der Waals surface area (Å²) in [6, 6.07) is 0. The van der Waals surface area contributed by atoms with E-state index < -0.39 is 5.60 Å². The highest BCUT2D eigenvalue weighted by Crippen LogP contribution is 2.36. The van der Waals surface area contributed by atoms with Crippen molar-refractivity contribution in [2.75, 3.05) is 7.11 Å². The lowest BCUT2D eigenvalue weighted by Gasteiger charge is -2.28. The lowest BCUT2D eigenvalue weighted by molar-refractivity contribution is -0.131. The van der Waals surface area contributed by atoms with Gasteiger partial charge in [-0.1, -0.05) is 6.08 Å². The summed E-state index contributed by atoms with van der Waals surface area (Å²) >= 11 is 0. The molecule has 3 aliphatic carbocycles. The van der Waals surface area contributed by atoms with Gasteiger partial charge in [-0.25, -0.2) is 0 Å². The molecule has 0 spiro atoms. The summed E-state index contributed by atoms with van der Waals surface area (Å²) in [5, 5.41) is 9.49. The molecule has 2 bridgehead atoms. The molecule has 0 saturated heterocycles. The third kappa shape index (κ3) is 1.11. The molecule has 2 atom stereocenters. The number of ketones is 1. The number of methoxy groups -OCH3 is 1. The Balaban J connectivity index is 2.47. The van der Waals surface area contributed by atoms with Crippen LogP contribution in [0.1, 0.15) is 12.8 Å². The number of allylic oxidation sites excluding steroid dienone is 1. The van der Waals surface area contributed by atoms with Crippen molar-refractivity contribution in [3.05, 3.63) is 24.0 Å². The minimum absolute atomic E-state index is 0.00900. The number of aliphatic hydroxyl groups is 1. The summed E-state index contributed by atoms with van der Waals surface area (Å²) in [5.74, 6) is 0.0242. The van der Waals surface area contributed by atoms with E-state index in [1.54, 1.807) is 6.08 Å². The van der Waals surface area contributed by atoms with Crippen LogP contribution in [0.25, 0.3) is 0 Å². The van der Waals surface area contributed by atoms with Crippen molar-refractivity contribution in [1.29, 1.82) is 0 Å². The average Bonchev–Trinajstić information content (AvgIpc) is 2.34. The first kappa shape index (κ1) is 8.51. The number of ether oxygens (including phenoxy) is 1. The number of carbonyl (C=O) groups is 1. The second-order valence-corrected chi connectivity index (χ2v) is 3.53. The summed E-state index contributed by atoms with van der Waals surface area (Å²) in [7, 11) is 1.53. The van der Waals surface area contributed by atoms with Crippen LogP contribution >= 0.6 is 0 Å². The van der Waals surface area contributed by atoms with Gasteiger partial charge in [0.2, 0.25) is 0 Å². The van der Waals surface area contributed by atoms with Gasteiger partial charge < -0.3 is 9.84 Å². The summed E-state index contributed by atoms with van der Waals surface area (Å²) < 4.78 is 5.21. The third-order valence-electron chi connectivity index (χ3n) is 2.86. The van der Waals surface area contributed by atoms with Crippen LogP contribution < -0.4 is 0 Å². The Morgan fingerprint density at radius 2 is 2.46 bits per heavy atom. The normalized spacial score (nSPS) is 37.5. The van der Waals surface area contributed by atoms with Crippen molar-refractivity contribution in [3.8, 4) is 0 Å². The van der Waals surface area contributed by atoms with E-state index in [-0.39, 0.29) is 17.5 Å². The van der Waals surface area contributed by atoms with Gasteiger partial charge in [-0.2, -0.15) is 0 Å². The maximum absolute atomic E-state index is 11.6. The van der Waals surface area contributed by atoms with Crippen molar-refractivity contribution in [1.82, 2.24) is 0 Å². The predicted molar refractivity (Wildman–Crippen MR) is 47.3 cm³/mol. The van der Waals surface area contributed by atoms with Crippen molar-refractivity contribution >= 4 is 5.78 Å². The summed E-state index contributed by atoms with van der Waals surface area (Å²) in [5.41, 5.74) is -0.805. The molecule has 0 radical (unpaired) electrons. The van der Waals surface area contributed by atoms with Gasteiger partial charge in [0.1, 0.15) is 11.4 Å². The molecule has 0 aromatic carbocycles. The first-order valence-corrected chi connectivity index (χ1v) is 4.37. The number of carbonyl (C=O) groups excluding carboxylic acids is 1. The number of hydrogen-bond acceptors (Lipinski definition) is 3. The summed E-state index contributed by atoms with van der Waals surface area (Å²) in [6.45, 7) is 0. The van der Waals surface area contributed by atoms with Crippen LogP contribution in [-0.4, -0.2) is 23.6 Å². The SMILES string of the molecule is CO[C@@]12C=C[C@@H](CC1)C(O)=CC2=O. The Kier molecular flexibility index (Phi) is 1.77. The van der Waals surface area contributed by atoms with E-state index in [9.17, 15) is 9.90 Å². The Hall–Kier alpha value is -1.09. The Bertz CT molecular complexity index is 303. The van der Waals surface area contributed by atoms with Crippen molar-refractivity contribution < 1.29 is 14.6 Å². The molecular formula is C10H12O3. The lowest BCUT2D eigenvalue weighted by Crippen LogP contribution is -2.38. The molecule has 0 amide bonds. The Morgan fingerprint density at radius 3 is 3.00 bits per heavy atom. The molecule has 0 saturated carbocycles. The second-order valence-electron chi connectivity index (χ2n) is 3.53. The van der Waals surface area contributed by atoms with Crippen LogP contribution in [0, 0.1) is 5.92 Å². The molecule has 1 N–H and O–H groups in total. The minimum Gasteiger partial charge on any atom is -0.512 e. The average molecular weight is 180 g/mol. The summed E-state index contributed by atoms with van der Waals surface area (Å²) in [4.78, 5) is 11.6. The molecule has 3 aliphatic rings. The van der Waals surface area contributed by atoms with Crippen LogP contribution in [-0.2, 0) is 9.53 Å². The van der Waals surface area contributed by atoms with E-state index in [2.05, 4.69) is 0 Å². The lowest BCUT2D eigenvalue weighted by atomic mass is 9.85. The van der Waals surface area contributed by atoms with E-state index >= 15 is 0 Å². The van der Waals surface area contributed by atoms with E-state index in [1.165, 1.54) is 13.2 Å². The topological polar surface area (TPSA) is 46.5 Å². The minimum atomic E-state index is -0.805.